The second kappa shape index (κ2) is 35.4. The van der Waals surface area contributed by atoms with Crippen molar-refractivity contribution in [2.45, 2.75) is 213 Å². The zero-order valence-corrected chi connectivity index (χ0v) is 41.5. The van der Waals surface area contributed by atoms with E-state index in [1.54, 1.807) is 6.20 Å². The highest BCUT2D eigenvalue weighted by atomic mass is 16.5. The first-order valence-corrected chi connectivity index (χ1v) is 25.5. The lowest BCUT2D eigenvalue weighted by atomic mass is 9.97. The van der Waals surface area contributed by atoms with Crippen molar-refractivity contribution in [2.75, 3.05) is 19.8 Å². The number of aliphatic carboxylic acids is 1. The Hall–Kier alpha value is -4.79. The van der Waals surface area contributed by atoms with Crippen LogP contribution in [0.1, 0.15) is 188 Å². The third-order valence-corrected chi connectivity index (χ3v) is 12.3. The molecular weight excluding hydrogens is 855 g/mol. The molecule has 0 unspecified atom stereocenters. The van der Waals surface area contributed by atoms with Crippen LogP contribution in [0.15, 0.2) is 30.5 Å². The number of carbonyl (C=O) groups excluding carboxylic acids is 6. The summed E-state index contributed by atoms with van der Waals surface area (Å²) in [5.41, 5.74) is 1.66. The summed E-state index contributed by atoms with van der Waals surface area (Å²) in [6.45, 7) is 9.25. The number of carboxylic acid groups (broad SMARTS) is 1. The number of benzene rings is 1. The van der Waals surface area contributed by atoms with Crippen LogP contribution in [-0.2, 0) is 49.5 Å². The van der Waals surface area contributed by atoms with Crippen molar-refractivity contribution < 1.29 is 48.1 Å². The average molecular weight is 940 g/mol. The van der Waals surface area contributed by atoms with Gasteiger partial charge in [-0.2, -0.15) is 0 Å². The molecule has 0 aliphatic heterocycles. The molecule has 15 nitrogen and oxygen atoms in total. The van der Waals surface area contributed by atoms with Crippen LogP contribution in [0, 0.1) is 5.92 Å². The Balaban J connectivity index is 1.99. The molecular formula is C52H85N5O10. The van der Waals surface area contributed by atoms with Crippen LogP contribution >= 0.6 is 0 Å². The lowest BCUT2D eigenvalue weighted by molar-refractivity contribution is -0.147. The number of fused-ring (bicyclic) bond motifs is 1. The SMILES string of the molecule is CCCCCCCCCCCCCC(=O)N[C@@H](CCC(=O)[C@H](CC(=O)O)NC(=O)CNC(=O)[C@@H](NC(=O)Cc1c[nH]c2ccccc12)[C@@H](C)CC)COCC[C@@H](CCCCCCC)OC(C)=O. The van der Waals surface area contributed by atoms with Crippen LogP contribution in [0.3, 0.4) is 0 Å². The van der Waals surface area contributed by atoms with Gasteiger partial charge in [-0.05, 0) is 43.2 Å². The van der Waals surface area contributed by atoms with Crippen LogP contribution in [0.25, 0.3) is 10.9 Å². The van der Waals surface area contributed by atoms with Gasteiger partial charge in [0.05, 0.1) is 44.7 Å². The van der Waals surface area contributed by atoms with E-state index in [2.05, 4.69) is 40.1 Å². The number of nitrogens with one attached hydrogen (secondary N) is 5. The number of carbonyl (C=O) groups is 7. The van der Waals surface area contributed by atoms with Gasteiger partial charge < -0.3 is 40.8 Å². The molecule has 1 heterocycles. The average Bonchev–Trinajstić information content (AvgIpc) is 3.70. The van der Waals surface area contributed by atoms with Crippen molar-refractivity contribution in [3.63, 3.8) is 0 Å². The molecule has 1 aromatic heterocycles. The van der Waals surface area contributed by atoms with Gasteiger partial charge >= 0.3 is 11.9 Å². The highest BCUT2D eigenvalue weighted by Gasteiger charge is 2.29. The summed E-state index contributed by atoms with van der Waals surface area (Å²) >= 11 is 0. The number of hydrogen-bond donors (Lipinski definition) is 6. The molecule has 0 fully saturated rings. The smallest absolute Gasteiger partial charge is 0.305 e. The minimum absolute atomic E-state index is 0.0373. The fourth-order valence-corrected chi connectivity index (χ4v) is 8.17. The normalized spacial score (nSPS) is 13.5. The molecule has 1 aromatic carbocycles. The van der Waals surface area contributed by atoms with E-state index in [4.69, 9.17) is 9.47 Å². The number of aromatic nitrogens is 1. The van der Waals surface area contributed by atoms with Crippen molar-refractivity contribution in [2.24, 2.45) is 5.92 Å². The number of para-hydroxylation sites is 1. The van der Waals surface area contributed by atoms with E-state index < -0.39 is 54.7 Å². The number of amides is 4. The monoisotopic (exact) mass is 940 g/mol. The van der Waals surface area contributed by atoms with Crippen LogP contribution in [0.5, 0.6) is 0 Å². The molecule has 378 valence electrons. The fraction of sp³-hybridized carbons (Fsp3) is 0.712. The maximum absolute atomic E-state index is 13.6. The van der Waals surface area contributed by atoms with E-state index in [1.807, 2.05) is 38.1 Å². The number of unbranched alkanes of at least 4 members (excludes halogenated alkanes) is 14. The van der Waals surface area contributed by atoms with E-state index in [-0.39, 0.29) is 62.3 Å². The number of H-pyrrole nitrogens is 1. The maximum Gasteiger partial charge on any atom is 0.305 e. The molecule has 0 radical (unpaired) electrons. The minimum Gasteiger partial charge on any atom is -0.481 e. The maximum atomic E-state index is 13.6. The molecule has 67 heavy (non-hydrogen) atoms. The summed E-state index contributed by atoms with van der Waals surface area (Å²) < 4.78 is 11.6. The molecule has 4 amide bonds. The molecule has 0 spiro atoms. The Morgan fingerprint density at radius 3 is 1.96 bits per heavy atom. The summed E-state index contributed by atoms with van der Waals surface area (Å²) in [6.07, 6.45) is 21.0. The zero-order chi connectivity index (χ0) is 49.2. The standard InChI is InChI=1S/C52H85N5O10/c1-6-9-11-13-14-15-16-17-18-20-22-28-47(60)55-41(37-66-32-31-42(67-39(5)58)25-21-19-12-10-7-2)29-30-46(59)45(34-50(63)64)56-49(62)36-54-52(65)51(38(4)8-3)57-48(61)33-40-35-53-44-27-24-23-26-43(40)44/h23-24,26-27,35,38,41-42,45,51,53H,6-22,25,28-34,36-37H2,1-5H3,(H,54,65)(H,55,60)(H,56,62)(H,57,61)(H,63,64)/t38-,41-,42+,45-,51-/m0/s1. The molecule has 0 bridgehead atoms. The minimum atomic E-state index is -1.39. The predicted molar refractivity (Wildman–Crippen MR) is 262 cm³/mol. The number of rotatable bonds is 40. The van der Waals surface area contributed by atoms with Gasteiger partial charge in [0.2, 0.25) is 23.6 Å². The summed E-state index contributed by atoms with van der Waals surface area (Å²) in [7, 11) is 0. The Labute approximate surface area is 400 Å². The fourth-order valence-electron chi connectivity index (χ4n) is 8.17. The zero-order valence-electron chi connectivity index (χ0n) is 41.5. The first kappa shape index (κ1) is 58.3. The number of Topliss-reactive ketones (excluding diaryl/α,β-unsaturated/α-hetero) is 1. The van der Waals surface area contributed by atoms with Gasteiger partial charge in [0.25, 0.3) is 0 Å². The number of aromatic amines is 1. The second-order valence-electron chi connectivity index (χ2n) is 18.3. The van der Waals surface area contributed by atoms with Crippen molar-refractivity contribution in [3.05, 3.63) is 36.0 Å². The topological polar surface area (TPSA) is 222 Å². The molecule has 0 saturated carbocycles. The highest BCUT2D eigenvalue weighted by Crippen LogP contribution is 2.19. The molecule has 2 aromatic rings. The Morgan fingerprint density at radius 2 is 1.33 bits per heavy atom. The van der Waals surface area contributed by atoms with Crippen LogP contribution in [-0.4, -0.2) is 95.4 Å². The van der Waals surface area contributed by atoms with Gasteiger partial charge in [-0.1, -0.05) is 142 Å². The number of ketones is 1. The van der Waals surface area contributed by atoms with Crippen molar-refractivity contribution in [3.8, 4) is 0 Å². The molecule has 5 atom stereocenters. The van der Waals surface area contributed by atoms with Gasteiger partial charge in [-0.3, -0.25) is 33.6 Å². The molecule has 0 saturated heterocycles. The lowest BCUT2D eigenvalue weighted by Crippen LogP contribution is -2.53. The first-order valence-electron chi connectivity index (χ1n) is 25.5. The van der Waals surface area contributed by atoms with Gasteiger partial charge in [0, 0.05) is 43.3 Å². The summed E-state index contributed by atoms with van der Waals surface area (Å²) in [5.74, 6) is -4.37. The van der Waals surface area contributed by atoms with E-state index in [0.717, 1.165) is 80.7 Å². The van der Waals surface area contributed by atoms with Crippen LogP contribution in [0.2, 0.25) is 0 Å². The number of hydrogen-bond acceptors (Lipinski definition) is 9. The third-order valence-electron chi connectivity index (χ3n) is 12.3. The number of carboxylic acids is 1. The van der Waals surface area contributed by atoms with E-state index >= 15 is 0 Å². The first-order chi connectivity index (χ1) is 32.3. The van der Waals surface area contributed by atoms with E-state index in [1.165, 1.54) is 51.9 Å². The van der Waals surface area contributed by atoms with Gasteiger partial charge in [0.15, 0.2) is 5.78 Å². The van der Waals surface area contributed by atoms with Gasteiger partial charge in [0.1, 0.15) is 12.1 Å². The van der Waals surface area contributed by atoms with Crippen molar-refractivity contribution >= 4 is 52.3 Å². The highest BCUT2D eigenvalue weighted by molar-refractivity contribution is 5.95. The summed E-state index contributed by atoms with van der Waals surface area (Å²) in [5, 5.41) is 21.4. The second-order valence-corrected chi connectivity index (χ2v) is 18.3. The summed E-state index contributed by atoms with van der Waals surface area (Å²) in [6, 6.07) is 4.67. The third kappa shape index (κ3) is 26.4. The van der Waals surface area contributed by atoms with Crippen molar-refractivity contribution in [1.29, 1.82) is 0 Å². The molecule has 2 rings (SSSR count). The largest absolute Gasteiger partial charge is 0.481 e. The van der Waals surface area contributed by atoms with Crippen molar-refractivity contribution in [1.82, 2.24) is 26.3 Å². The van der Waals surface area contributed by atoms with Gasteiger partial charge in [-0.15, -0.1) is 0 Å². The number of esters is 1. The van der Waals surface area contributed by atoms with Crippen LogP contribution in [0.4, 0.5) is 0 Å². The Kier molecular flexibility index (Phi) is 30.8. The Morgan fingerprint density at radius 1 is 0.701 bits per heavy atom. The molecule has 0 aliphatic carbocycles. The Bertz CT molecular complexity index is 1760. The van der Waals surface area contributed by atoms with Crippen LogP contribution < -0.4 is 21.3 Å². The van der Waals surface area contributed by atoms with E-state index in [0.29, 0.717) is 19.3 Å². The lowest BCUT2D eigenvalue weighted by Gasteiger charge is -2.24. The summed E-state index contributed by atoms with van der Waals surface area (Å²) in [4.78, 5) is 93.1. The molecule has 15 heteroatoms. The number of ether oxygens (including phenoxy) is 2. The quantitative estimate of drug-likeness (QED) is 0.0276. The molecule has 6 N–H and O–H groups in total. The predicted octanol–water partition coefficient (Wildman–Crippen LogP) is 8.55. The molecule has 0 aliphatic rings. The van der Waals surface area contributed by atoms with E-state index in [9.17, 15) is 38.7 Å². The van der Waals surface area contributed by atoms with Gasteiger partial charge in [-0.25, -0.2) is 0 Å².